The Bertz CT molecular complexity index is 276. The zero-order chi connectivity index (χ0) is 9.26. The first-order chi connectivity index (χ1) is 6.27. The molecule has 3 heteroatoms. The lowest BCUT2D eigenvalue weighted by atomic mass is 10.2. The minimum Gasteiger partial charge on any atom is -0.290 e. The van der Waals surface area contributed by atoms with Gasteiger partial charge in [0.25, 0.3) is 0 Å². The van der Waals surface area contributed by atoms with E-state index in [9.17, 15) is 0 Å². The number of rotatable bonds is 1. The monoisotopic (exact) mass is 194 g/mol. The fourth-order valence-electron chi connectivity index (χ4n) is 1.72. The largest absolute Gasteiger partial charge is 0.290 e. The van der Waals surface area contributed by atoms with E-state index in [1.165, 1.54) is 12.1 Å². The van der Waals surface area contributed by atoms with E-state index in [0.29, 0.717) is 5.37 Å². The molecule has 0 radical (unpaired) electrons. The summed E-state index contributed by atoms with van der Waals surface area (Å²) in [6.45, 7) is 3.45. The van der Waals surface area contributed by atoms with E-state index < -0.39 is 0 Å². The molecule has 2 atom stereocenters. The van der Waals surface area contributed by atoms with Crippen molar-refractivity contribution in [3.8, 4) is 0 Å². The van der Waals surface area contributed by atoms with Crippen molar-refractivity contribution in [3.63, 3.8) is 0 Å². The van der Waals surface area contributed by atoms with Crippen molar-refractivity contribution in [1.82, 2.24) is 9.88 Å². The average molecular weight is 194 g/mol. The van der Waals surface area contributed by atoms with Crippen LogP contribution in [0.5, 0.6) is 0 Å². The van der Waals surface area contributed by atoms with Gasteiger partial charge in [-0.3, -0.25) is 9.88 Å². The van der Waals surface area contributed by atoms with Crippen LogP contribution in [0.25, 0.3) is 0 Å². The van der Waals surface area contributed by atoms with Gasteiger partial charge < -0.3 is 0 Å². The lowest BCUT2D eigenvalue weighted by Gasteiger charge is -2.17. The van der Waals surface area contributed by atoms with Gasteiger partial charge in [0.15, 0.2) is 0 Å². The second-order valence-corrected chi connectivity index (χ2v) is 5.05. The molecule has 1 aliphatic rings. The van der Waals surface area contributed by atoms with Crippen LogP contribution in [-0.2, 0) is 0 Å². The number of thioether (sulfide) groups is 1. The summed E-state index contributed by atoms with van der Waals surface area (Å²) in [6, 6.07) is 4.16. The Kier molecular flexibility index (Phi) is 2.56. The minimum absolute atomic E-state index is 0.503. The molecule has 70 valence electrons. The number of nitrogens with zero attached hydrogens (tertiary/aromatic N) is 2. The van der Waals surface area contributed by atoms with Gasteiger partial charge in [-0.2, -0.15) is 0 Å². The van der Waals surface area contributed by atoms with Crippen LogP contribution in [0.4, 0.5) is 0 Å². The van der Waals surface area contributed by atoms with Crippen molar-refractivity contribution < 1.29 is 0 Å². The molecule has 0 N–H and O–H groups in total. The number of hydrogen-bond acceptors (Lipinski definition) is 3. The molecule has 1 aromatic heterocycles. The van der Waals surface area contributed by atoms with Crippen molar-refractivity contribution >= 4 is 11.8 Å². The molecular formula is C10H14N2S. The van der Waals surface area contributed by atoms with Gasteiger partial charge in [-0.1, -0.05) is 13.0 Å². The zero-order valence-corrected chi connectivity index (χ0v) is 8.79. The van der Waals surface area contributed by atoms with Crippen LogP contribution in [0.15, 0.2) is 24.5 Å². The van der Waals surface area contributed by atoms with Crippen molar-refractivity contribution in [2.45, 2.75) is 17.5 Å². The van der Waals surface area contributed by atoms with Crippen LogP contribution in [0.2, 0.25) is 0 Å². The highest BCUT2D eigenvalue weighted by molar-refractivity contribution is 8.00. The van der Waals surface area contributed by atoms with Crippen LogP contribution >= 0.6 is 11.8 Å². The summed E-state index contributed by atoms with van der Waals surface area (Å²) in [4.78, 5) is 6.53. The molecule has 13 heavy (non-hydrogen) atoms. The summed E-state index contributed by atoms with van der Waals surface area (Å²) >= 11 is 2.01. The Morgan fingerprint density at radius 1 is 1.62 bits per heavy atom. The second kappa shape index (κ2) is 3.68. The van der Waals surface area contributed by atoms with Gasteiger partial charge in [0, 0.05) is 24.2 Å². The summed E-state index contributed by atoms with van der Waals surface area (Å²) < 4.78 is 0. The smallest absolute Gasteiger partial charge is 0.0830 e. The van der Waals surface area contributed by atoms with Gasteiger partial charge in [0.05, 0.1) is 5.37 Å². The molecule has 2 rings (SSSR count). The highest BCUT2D eigenvalue weighted by Gasteiger charge is 2.28. The van der Waals surface area contributed by atoms with Crippen LogP contribution in [0.1, 0.15) is 17.9 Å². The maximum Gasteiger partial charge on any atom is 0.0830 e. The summed E-state index contributed by atoms with van der Waals surface area (Å²) in [6.07, 6.45) is 3.79. The number of pyridine rings is 1. The molecule has 1 aromatic rings. The van der Waals surface area contributed by atoms with Crippen molar-refractivity contribution in [3.05, 3.63) is 30.1 Å². The Labute approximate surface area is 83.4 Å². The molecule has 0 amide bonds. The van der Waals surface area contributed by atoms with E-state index in [1.54, 1.807) is 0 Å². The van der Waals surface area contributed by atoms with E-state index in [4.69, 9.17) is 0 Å². The molecule has 0 spiro atoms. The predicted molar refractivity (Wildman–Crippen MR) is 56.7 cm³/mol. The Morgan fingerprint density at radius 3 is 3.00 bits per heavy atom. The molecule has 1 fully saturated rings. The van der Waals surface area contributed by atoms with Crippen LogP contribution in [0.3, 0.4) is 0 Å². The SMILES string of the molecule is C[C@@H]1CN(C)[C@H](c2cccnc2)S1. The highest BCUT2D eigenvalue weighted by Crippen LogP contribution is 2.40. The van der Waals surface area contributed by atoms with Crippen molar-refractivity contribution in [1.29, 1.82) is 0 Å². The lowest BCUT2D eigenvalue weighted by molar-refractivity contribution is 0.346. The lowest BCUT2D eigenvalue weighted by Crippen LogP contribution is -2.18. The van der Waals surface area contributed by atoms with Gasteiger partial charge in [0.2, 0.25) is 0 Å². The molecule has 0 aromatic carbocycles. The van der Waals surface area contributed by atoms with E-state index in [1.807, 2.05) is 30.2 Å². The van der Waals surface area contributed by atoms with Gasteiger partial charge in [0.1, 0.15) is 0 Å². The maximum absolute atomic E-state index is 4.15. The van der Waals surface area contributed by atoms with Gasteiger partial charge >= 0.3 is 0 Å². The summed E-state index contributed by atoms with van der Waals surface area (Å²) in [5, 5.41) is 1.24. The normalized spacial score (nSPS) is 29.4. The van der Waals surface area contributed by atoms with Crippen molar-refractivity contribution in [2.75, 3.05) is 13.6 Å². The third kappa shape index (κ3) is 1.86. The highest BCUT2D eigenvalue weighted by atomic mass is 32.2. The van der Waals surface area contributed by atoms with E-state index in [0.717, 1.165) is 5.25 Å². The fourth-order valence-corrected chi connectivity index (χ4v) is 3.08. The molecule has 1 aliphatic heterocycles. The van der Waals surface area contributed by atoms with E-state index in [-0.39, 0.29) is 0 Å². The molecule has 0 saturated carbocycles. The maximum atomic E-state index is 4.15. The van der Waals surface area contributed by atoms with Crippen molar-refractivity contribution in [2.24, 2.45) is 0 Å². The fraction of sp³-hybridized carbons (Fsp3) is 0.500. The van der Waals surface area contributed by atoms with Gasteiger partial charge in [-0.15, -0.1) is 11.8 Å². The number of aromatic nitrogens is 1. The average Bonchev–Trinajstić information content (AvgIpc) is 2.47. The van der Waals surface area contributed by atoms with Gasteiger partial charge in [-0.25, -0.2) is 0 Å². The summed E-state index contributed by atoms with van der Waals surface area (Å²) in [5.41, 5.74) is 1.32. The minimum atomic E-state index is 0.503. The second-order valence-electron chi connectivity index (χ2n) is 3.52. The van der Waals surface area contributed by atoms with E-state index in [2.05, 4.69) is 29.9 Å². The Hall–Kier alpha value is -0.540. The van der Waals surface area contributed by atoms with Gasteiger partial charge in [-0.05, 0) is 18.7 Å². The van der Waals surface area contributed by atoms with Crippen LogP contribution < -0.4 is 0 Å². The summed E-state index contributed by atoms with van der Waals surface area (Å²) in [7, 11) is 2.17. The Morgan fingerprint density at radius 2 is 2.46 bits per heavy atom. The Balaban J connectivity index is 2.18. The molecule has 0 unspecified atom stereocenters. The zero-order valence-electron chi connectivity index (χ0n) is 7.97. The first kappa shape index (κ1) is 9.03. The molecule has 0 bridgehead atoms. The summed E-state index contributed by atoms with van der Waals surface area (Å²) in [5.74, 6) is 0. The molecule has 0 aliphatic carbocycles. The third-order valence-electron chi connectivity index (χ3n) is 2.28. The number of hydrogen-bond donors (Lipinski definition) is 0. The molecule has 2 heterocycles. The molecular weight excluding hydrogens is 180 g/mol. The first-order valence-corrected chi connectivity index (χ1v) is 5.47. The standard InChI is InChI=1S/C10H14N2S/c1-8-7-12(2)10(13-8)9-4-3-5-11-6-9/h3-6,8,10H,7H2,1-2H3/t8-,10+/m1/s1. The van der Waals surface area contributed by atoms with E-state index >= 15 is 0 Å². The quantitative estimate of drug-likeness (QED) is 0.681. The van der Waals surface area contributed by atoms with Crippen LogP contribution in [0, 0.1) is 0 Å². The molecule has 1 saturated heterocycles. The van der Waals surface area contributed by atoms with Crippen LogP contribution in [-0.4, -0.2) is 28.7 Å². The third-order valence-corrected chi connectivity index (χ3v) is 3.78. The predicted octanol–water partition coefficient (Wildman–Crippen LogP) is 2.15. The first-order valence-electron chi connectivity index (χ1n) is 4.53. The topological polar surface area (TPSA) is 16.1 Å². The molecule has 2 nitrogen and oxygen atoms in total.